The summed E-state index contributed by atoms with van der Waals surface area (Å²) in [6.45, 7) is 19.0. The number of benzene rings is 5. The summed E-state index contributed by atoms with van der Waals surface area (Å²) in [6, 6.07) is 29.6. The molecule has 1 saturated heterocycles. The van der Waals surface area contributed by atoms with E-state index >= 15 is 0 Å². The number of ether oxygens (including phenoxy) is 4. The summed E-state index contributed by atoms with van der Waals surface area (Å²) in [5, 5.41) is 23.9. The van der Waals surface area contributed by atoms with Gasteiger partial charge in [0.2, 0.25) is 0 Å². The molecule has 0 bridgehead atoms. The number of fused-ring (bicyclic) bond motifs is 1. The number of nitrogens with one attached hydrogen (secondary N) is 3. The van der Waals surface area contributed by atoms with Crippen molar-refractivity contribution >= 4 is 163 Å². The maximum absolute atomic E-state index is 13.5. The average molecular weight is 1900 g/mol. The van der Waals surface area contributed by atoms with Gasteiger partial charge in [-0.15, -0.1) is 51.8 Å². The molecule has 5 aromatic carbocycles. The molecule has 8 heterocycles. The van der Waals surface area contributed by atoms with Crippen LogP contribution in [0.5, 0.6) is 0 Å². The molecule has 3 unspecified atom stereocenters. The molecule has 4 aromatic heterocycles. The van der Waals surface area contributed by atoms with Crippen LogP contribution in [0.4, 0.5) is 22.0 Å². The Morgan fingerprint density at radius 3 is 1.34 bits per heavy atom. The number of carbonyl (C=O) groups is 5. The summed E-state index contributed by atoms with van der Waals surface area (Å²) in [5.41, 5.74) is 9.60. The standard InChI is InChI=1S/C20H20FN3O2S.C18H17BrFN3O2S.C18H18FN3O2S.C14H15FO3.C8H5F.C4H5N3S.3ClH.In/c1-3-26-19(25)16-15-5-4-11-24(15)17(18-22-10-12-27-18)23-20(16,2)13-6-8-14(21)9-7-13;1-3-25-17(24)14-13(10-19)22-15(16-21-8-9-26-16)23-18(14,2)11-4-6-12(20)7-5-11;1-4-24-17(23)14-11(2)21-15(16-20-9-10-25-16)22-18(14,3)12-5-7-13(19)8-6-12;1-4-18-14(17)13(10(3)16)9(2)11-5-7-12(15)8-6-11;1-2-7-3-5-8(9)6-4-7;5-3(6)4-7-1-2-8-4;;;;/h6-10,12H,3-5,11H2,1-2H3;4-9H,3,10H2,1-2H3,(H,22,23);5-10H,4H2,1-3H3,(H,21,22);5-8H,4H2,1-3H3;1,3-6H;1-2H,(H3,5,6);3*1H;/q;;;;;;;;;+3/p-3/b;;;13-9-;;;;;;. The molecule has 21 nitrogen and oxygen atoms in total. The summed E-state index contributed by atoms with van der Waals surface area (Å²) in [6.07, 6.45) is 13.5. The number of Topliss-reactive ketones (excluding diaryl/α,β-unsaturated/α-hetero) is 1. The average Bonchev–Trinajstić information content (AvgIpc) is 1.65. The van der Waals surface area contributed by atoms with Gasteiger partial charge in [-0.1, -0.05) is 70.4 Å². The van der Waals surface area contributed by atoms with E-state index in [0.717, 1.165) is 46.5 Å². The second-order valence-corrected chi connectivity index (χ2v) is 43.8. The third-order valence-electron chi connectivity index (χ3n) is 17.2. The molecule has 35 heteroatoms. The minimum atomic E-state index is -2.22. The summed E-state index contributed by atoms with van der Waals surface area (Å²) in [5.74, 6) is 0.412. The molecule has 0 aliphatic carbocycles. The maximum atomic E-state index is 13.5. The van der Waals surface area contributed by atoms with Crippen molar-refractivity contribution in [1.29, 1.82) is 5.41 Å². The Hall–Kier alpha value is -9.56. The second kappa shape index (κ2) is 45.4. The van der Waals surface area contributed by atoms with Gasteiger partial charge in [0, 0.05) is 80.8 Å². The van der Waals surface area contributed by atoms with Crippen LogP contribution in [0.25, 0.3) is 5.57 Å². The summed E-state index contributed by atoms with van der Waals surface area (Å²) in [7, 11) is 15.0. The number of carbonyl (C=O) groups excluding carboxylic acids is 5. The predicted octanol–water partition coefficient (Wildman–Crippen LogP) is 17.7. The van der Waals surface area contributed by atoms with Crippen molar-refractivity contribution in [3.05, 3.63) is 284 Å². The summed E-state index contributed by atoms with van der Waals surface area (Å²) >= 11 is 6.99. The van der Waals surface area contributed by atoms with Crippen LogP contribution in [0.3, 0.4) is 0 Å². The third-order valence-corrected chi connectivity index (χ3v) is 20.9. The number of alkyl halides is 1. The molecule has 117 heavy (non-hydrogen) atoms. The van der Waals surface area contributed by atoms with Crippen LogP contribution < -0.4 is 16.4 Å². The van der Waals surface area contributed by atoms with Crippen molar-refractivity contribution < 1.29 is 64.9 Å². The van der Waals surface area contributed by atoms with Crippen molar-refractivity contribution in [1.82, 2.24) is 35.5 Å². The molecule has 5 N–H and O–H groups in total. The van der Waals surface area contributed by atoms with Gasteiger partial charge in [0.05, 0.1) is 43.1 Å². The number of nitrogen functional groups attached to an aromatic ring is 1. The van der Waals surface area contributed by atoms with Gasteiger partial charge in [-0.05, 0) is 183 Å². The number of terminal acetylenes is 1. The normalized spacial score (nSPS) is 17.0. The molecule has 3 atom stereocenters. The fraction of sp³-hybridized carbons (Fsp3) is 0.256. The Balaban J connectivity index is 0.000000200. The molecule has 0 spiro atoms. The summed E-state index contributed by atoms with van der Waals surface area (Å²) in [4.78, 5) is 94.8. The minimum absolute atomic E-state index is 0.00320. The first-order valence-electron chi connectivity index (χ1n) is 35.7. The van der Waals surface area contributed by atoms with Crippen LogP contribution >= 0.6 is 87.0 Å². The van der Waals surface area contributed by atoms with E-state index in [2.05, 4.69) is 57.3 Å². The number of aromatic nitrogens is 4. The molecule has 0 saturated carbocycles. The zero-order valence-corrected chi connectivity index (χ0v) is 75.3. The van der Waals surface area contributed by atoms with E-state index in [0.29, 0.717) is 83.0 Å². The fourth-order valence-corrected chi connectivity index (χ4v) is 14.8. The molecule has 1 fully saturated rings. The van der Waals surface area contributed by atoms with E-state index in [-0.39, 0.29) is 78.7 Å². The zero-order chi connectivity index (χ0) is 85.7. The Kier molecular flexibility index (Phi) is 36.7. The van der Waals surface area contributed by atoms with Gasteiger partial charge in [-0.2, -0.15) is 0 Å². The van der Waals surface area contributed by atoms with Crippen LogP contribution in [0, 0.1) is 46.8 Å². The number of hydrogen-bond acceptors (Lipinski definition) is 24. The second-order valence-electron chi connectivity index (χ2n) is 25.0. The first-order chi connectivity index (χ1) is 55.8. The van der Waals surface area contributed by atoms with E-state index in [1.165, 1.54) is 125 Å². The molecule has 0 radical (unpaired) electrons. The van der Waals surface area contributed by atoms with Crippen molar-refractivity contribution in [3.63, 3.8) is 0 Å². The predicted molar refractivity (Wildman–Crippen MR) is 457 cm³/mol. The van der Waals surface area contributed by atoms with E-state index in [9.17, 15) is 45.9 Å². The third kappa shape index (κ3) is 25.5. The number of esters is 4. The van der Waals surface area contributed by atoms with Crippen molar-refractivity contribution in [2.24, 2.45) is 20.7 Å². The molecule has 9 aromatic rings. The number of halogens is 9. The number of amidine groups is 4. The quantitative estimate of drug-likeness (QED) is 0.00593. The van der Waals surface area contributed by atoms with Gasteiger partial charge >= 0.3 is 67.5 Å². The zero-order valence-electron chi connectivity index (χ0n) is 64.8. The molecular formula is C82H80BrCl3F5InN12O9S4. The van der Waals surface area contributed by atoms with Gasteiger partial charge in [0.25, 0.3) is 0 Å². The SMILES string of the molecule is C#Cc1ccc(F)cc1.CCOC(=O)/C(C(C)=O)=C(/C)c1ccc(F)cc1.CCOC(=O)C1=C(C)NC(c2nccs2)=NC1(C)c1ccc(F)cc1.CCOC(=O)C1=C(CBr)NC(c2nccs2)=NC1(C)c1ccc(F)cc1.CCOC(=O)C1=C2CCCN2C(c2nccs2)=NC1(C)c1ccc(F)cc1.N=C(N)c1nccs1.[Cl][In]([Cl])[Cl]. The van der Waals surface area contributed by atoms with E-state index < -0.39 is 52.4 Å². The number of aliphatic imine (C=N–C) groups is 3. The van der Waals surface area contributed by atoms with Crippen LogP contribution in [0.15, 0.2) is 222 Å². The monoisotopic (exact) mass is 1900 g/mol. The van der Waals surface area contributed by atoms with Crippen molar-refractivity contribution in [3.8, 4) is 12.3 Å². The molecule has 0 amide bonds. The number of hydrogen-bond donors (Lipinski definition) is 4. The first-order valence-corrected chi connectivity index (χ1v) is 52.9. The van der Waals surface area contributed by atoms with Crippen LogP contribution in [-0.2, 0) is 59.5 Å². The molecule has 4 aliphatic rings. The van der Waals surface area contributed by atoms with Crippen LogP contribution in [0.2, 0.25) is 0 Å². The van der Waals surface area contributed by atoms with Gasteiger partial charge in [0.1, 0.15) is 51.3 Å². The number of rotatable bonds is 18. The van der Waals surface area contributed by atoms with Crippen molar-refractivity contribution in [2.75, 3.05) is 38.3 Å². The van der Waals surface area contributed by atoms with E-state index in [1.807, 2.05) is 36.9 Å². The van der Waals surface area contributed by atoms with Crippen molar-refractivity contribution in [2.45, 2.75) is 98.7 Å². The van der Waals surface area contributed by atoms with Gasteiger partial charge in [0.15, 0.2) is 49.2 Å². The van der Waals surface area contributed by atoms with E-state index in [4.69, 9.17) is 77.2 Å². The fourth-order valence-electron chi connectivity index (χ4n) is 12.0. The molecule has 612 valence electrons. The van der Waals surface area contributed by atoms with Gasteiger partial charge in [-0.3, -0.25) is 10.2 Å². The number of nitrogens with two attached hydrogens (primary N) is 1. The molecule has 4 aliphatic heterocycles. The number of ketones is 1. The topological polar surface area (TPSA) is 288 Å². The van der Waals surface area contributed by atoms with Crippen LogP contribution in [-0.4, -0.2) is 134 Å². The summed E-state index contributed by atoms with van der Waals surface area (Å²) < 4.78 is 86.0. The molecule has 13 rings (SSSR count). The van der Waals surface area contributed by atoms with E-state index in [1.54, 1.807) is 120 Å². The molecular weight excluding hydrogens is 1820 g/mol. The van der Waals surface area contributed by atoms with Gasteiger partial charge in [-0.25, -0.2) is 76.0 Å². The Labute approximate surface area is 717 Å². The Morgan fingerprint density at radius 1 is 0.573 bits per heavy atom. The number of thiazole rings is 4. The number of allylic oxidation sites excluding steroid dienone is 4. The van der Waals surface area contributed by atoms with Gasteiger partial charge < -0.3 is 40.2 Å². The first kappa shape index (κ1) is 94.6. The Bertz CT molecular complexity index is 5180. The van der Waals surface area contributed by atoms with Crippen LogP contribution in [0.1, 0.15) is 130 Å². The number of nitrogens with zero attached hydrogens (tertiary/aromatic N) is 8. The Morgan fingerprint density at radius 2 is 0.957 bits per heavy atom.